The molecule has 9 heteroatoms. The maximum absolute atomic E-state index is 12.7. The minimum absolute atomic E-state index is 0.0168. The number of carbonyl (C=O) groups is 2. The summed E-state index contributed by atoms with van der Waals surface area (Å²) in [5.41, 5.74) is -0.911. The summed E-state index contributed by atoms with van der Waals surface area (Å²) in [5.74, 6) is 0. The van der Waals surface area contributed by atoms with Gasteiger partial charge in [0.2, 0.25) is 0 Å². The van der Waals surface area contributed by atoms with Gasteiger partial charge in [-0.25, -0.2) is 19.6 Å². The number of nitrogens with zero attached hydrogens (tertiary/aromatic N) is 2. The van der Waals surface area contributed by atoms with Crippen molar-refractivity contribution in [1.82, 2.24) is 10.0 Å². The molecule has 0 spiro atoms. The number of alkyl halides is 3. The SMILES string of the molecule is CCOC(=O)N1CC=C(C(F)(F)F)CN1C(=O)OCC. The minimum Gasteiger partial charge on any atom is -0.448 e. The molecule has 0 saturated heterocycles. The maximum Gasteiger partial charge on any atom is 0.429 e. The number of carbonyl (C=O) groups excluding carboxylic acids is 2. The van der Waals surface area contributed by atoms with E-state index in [0.29, 0.717) is 5.01 Å². The van der Waals surface area contributed by atoms with Crippen molar-refractivity contribution in [3.63, 3.8) is 0 Å². The Morgan fingerprint density at radius 3 is 2.10 bits per heavy atom. The maximum atomic E-state index is 12.7. The van der Waals surface area contributed by atoms with Crippen molar-refractivity contribution in [2.45, 2.75) is 20.0 Å². The Labute approximate surface area is 113 Å². The summed E-state index contributed by atoms with van der Waals surface area (Å²) in [6.07, 6.45) is -5.66. The van der Waals surface area contributed by atoms with Crippen LogP contribution in [-0.4, -0.2) is 54.7 Å². The van der Waals surface area contributed by atoms with Crippen molar-refractivity contribution in [3.05, 3.63) is 11.6 Å². The molecule has 0 atom stereocenters. The molecule has 0 N–H and O–H groups in total. The average Bonchev–Trinajstić information content (AvgIpc) is 2.37. The van der Waals surface area contributed by atoms with Crippen LogP contribution in [0.3, 0.4) is 0 Å². The average molecular weight is 296 g/mol. The standard InChI is InChI=1S/C11H15F3N2O4/c1-3-19-9(17)15-6-5-8(11(12,13)14)7-16(15)10(18)20-4-2/h5H,3-4,6-7H2,1-2H3. The first-order valence-corrected chi connectivity index (χ1v) is 5.96. The number of rotatable bonds is 2. The van der Waals surface area contributed by atoms with Gasteiger partial charge in [0, 0.05) is 0 Å². The first-order chi connectivity index (χ1) is 9.31. The Bertz CT molecular complexity index is 409. The van der Waals surface area contributed by atoms with Crippen LogP contribution in [0.2, 0.25) is 0 Å². The van der Waals surface area contributed by atoms with Gasteiger partial charge in [-0.15, -0.1) is 0 Å². The number of hydrogen-bond acceptors (Lipinski definition) is 4. The lowest BCUT2D eigenvalue weighted by Crippen LogP contribution is -2.54. The zero-order chi connectivity index (χ0) is 15.3. The van der Waals surface area contributed by atoms with E-state index in [1.807, 2.05) is 0 Å². The second-order valence-electron chi connectivity index (χ2n) is 3.76. The fourth-order valence-electron chi connectivity index (χ4n) is 1.54. The molecule has 1 aliphatic rings. The largest absolute Gasteiger partial charge is 0.448 e. The van der Waals surface area contributed by atoms with Crippen LogP contribution in [0.15, 0.2) is 11.6 Å². The van der Waals surface area contributed by atoms with Crippen LogP contribution in [-0.2, 0) is 9.47 Å². The Kier molecular flexibility index (Phi) is 5.23. The molecule has 0 unspecified atom stereocenters. The van der Waals surface area contributed by atoms with Crippen molar-refractivity contribution >= 4 is 12.2 Å². The minimum atomic E-state index is -4.56. The Morgan fingerprint density at radius 1 is 1.15 bits per heavy atom. The van der Waals surface area contributed by atoms with E-state index in [-0.39, 0.29) is 13.2 Å². The third-order valence-corrected chi connectivity index (χ3v) is 2.44. The third-order valence-electron chi connectivity index (χ3n) is 2.44. The molecular formula is C11H15F3N2O4. The van der Waals surface area contributed by atoms with Gasteiger partial charge in [0.25, 0.3) is 0 Å². The quantitative estimate of drug-likeness (QED) is 0.734. The number of hydrazine groups is 1. The number of ether oxygens (including phenoxy) is 2. The van der Waals surface area contributed by atoms with Gasteiger partial charge >= 0.3 is 18.4 Å². The first kappa shape index (κ1) is 16.1. The predicted molar refractivity (Wildman–Crippen MR) is 61.6 cm³/mol. The lowest BCUT2D eigenvalue weighted by atomic mass is 10.2. The van der Waals surface area contributed by atoms with E-state index < -0.39 is 37.0 Å². The smallest absolute Gasteiger partial charge is 0.429 e. The normalized spacial score (nSPS) is 15.8. The highest BCUT2D eigenvalue weighted by Crippen LogP contribution is 2.29. The van der Waals surface area contributed by atoms with Gasteiger partial charge in [-0.3, -0.25) is 0 Å². The fraction of sp³-hybridized carbons (Fsp3) is 0.636. The van der Waals surface area contributed by atoms with Crippen molar-refractivity contribution < 1.29 is 32.2 Å². The lowest BCUT2D eigenvalue weighted by Gasteiger charge is -2.36. The van der Waals surface area contributed by atoms with Crippen LogP contribution < -0.4 is 0 Å². The van der Waals surface area contributed by atoms with Gasteiger partial charge in [0.05, 0.1) is 31.9 Å². The summed E-state index contributed by atoms with van der Waals surface area (Å²) in [4.78, 5) is 23.3. The van der Waals surface area contributed by atoms with Crippen molar-refractivity contribution in [2.75, 3.05) is 26.3 Å². The summed E-state index contributed by atoms with van der Waals surface area (Å²) in [6, 6.07) is 0. The van der Waals surface area contributed by atoms with E-state index in [1.165, 1.54) is 6.92 Å². The molecule has 1 aliphatic heterocycles. The fourth-order valence-corrected chi connectivity index (χ4v) is 1.54. The molecule has 0 aromatic heterocycles. The lowest BCUT2D eigenvalue weighted by molar-refractivity contribution is -0.106. The molecular weight excluding hydrogens is 281 g/mol. The predicted octanol–water partition coefficient (Wildman–Crippen LogP) is 2.32. The summed E-state index contributed by atoms with van der Waals surface area (Å²) in [5, 5.41) is 1.36. The Morgan fingerprint density at radius 2 is 1.65 bits per heavy atom. The Hall–Kier alpha value is -1.93. The van der Waals surface area contributed by atoms with E-state index in [0.717, 1.165) is 11.1 Å². The van der Waals surface area contributed by atoms with Crippen molar-refractivity contribution in [2.24, 2.45) is 0 Å². The third kappa shape index (κ3) is 3.78. The van der Waals surface area contributed by atoms with Gasteiger partial charge in [0.15, 0.2) is 0 Å². The summed E-state index contributed by atoms with van der Waals surface area (Å²) in [6.45, 7) is 1.89. The van der Waals surface area contributed by atoms with E-state index in [2.05, 4.69) is 9.47 Å². The zero-order valence-electron chi connectivity index (χ0n) is 11.1. The molecule has 0 radical (unpaired) electrons. The van der Waals surface area contributed by atoms with Gasteiger partial charge in [-0.05, 0) is 13.8 Å². The molecule has 1 rings (SSSR count). The second kappa shape index (κ2) is 6.49. The van der Waals surface area contributed by atoms with Gasteiger partial charge in [-0.2, -0.15) is 13.2 Å². The van der Waals surface area contributed by atoms with Crippen LogP contribution in [0.5, 0.6) is 0 Å². The van der Waals surface area contributed by atoms with Gasteiger partial charge in [-0.1, -0.05) is 6.08 Å². The molecule has 6 nitrogen and oxygen atoms in total. The Balaban J connectivity index is 2.95. The molecule has 114 valence electrons. The summed E-state index contributed by atoms with van der Waals surface area (Å²) < 4.78 is 47.3. The zero-order valence-corrected chi connectivity index (χ0v) is 11.1. The topological polar surface area (TPSA) is 59.1 Å². The van der Waals surface area contributed by atoms with E-state index >= 15 is 0 Å². The molecule has 0 bridgehead atoms. The molecule has 0 aliphatic carbocycles. The van der Waals surface area contributed by atoms with E-state index in [9.17, 15) is 22.8 Å². The van der Waals surface area contributed by atoms with Crippen molar-refractivity contribution in [3.8, 4) is 0 Å². The molecule has 0 fully saturated rings. The second-order valence-corrected chi connectivity index (χ2v) is 3.76. The molecule has 0 aromatic rings. The highest BCUT2D eigenvalue weighted by molar-refractivity contribution is 5.75. The first-order valence-electron chi connectivity index (χ1n) is 5.96. The van der Waals surface area contributed by atoms with Crippen LogP contribution in [0, 0.1) is 0 Å². The molecule has 0 aromatic carbocycles. The summed E-state index contributed by atoms with van der Waals surface area (Å²) in [7, 11) is 0. The highest BCUT2D eigenvalue weighted by Gasteiger charge is 2.41. The number of hydrogen-bond donors (Lipinski definition) is 0. The molecule has 0 saturated carbocycles. The van der Waals surface area contributed by atoms with Crippen LogP contribution in [0.1, 0.15) is 13.8 Å². The van der Waals surface area contributed by atoms with Crippen LogP contribution in [0.4, 0.5) is 22.8 Å². The summed E-state index contributed by atoms with van der Waals surface area (Å²) >= 11 is 0. The van der Waals surface area contributed by atoms with Crippen LogP contribution in [0.25, 0.3) is 0 Å². The van der Waals surface area contributed by atoms with Crippen molar-refractivity contribution in [1.29, 1.82) is 0 Å². The van der Waals surface area contributed by atoms with Gasteiger partial charge in [0.1, 0.15) is 0 Å². The molecule has 1 heterocycles. The monoisotopic (exact) mass is 296 g/mol. The van der Waals surface area contributed by atoms with Crippen LogP contribution >= 0.6 is 0 Å². The number of halogens is 3. The molecule has 2 amide bonds. The van der Waals surface area contributed by atoms with E-state index in [1.54, 1.807) is 6.92 Å². The highest BCUT2D eigenvalue weighted by atomic mass is 19.4. The van der Waals surface area contributed by atoms with E-state index in [4.69, 9.17) is 0 Å². The number of amides is 2. The molecule has 20 heavy (non-hydrogen) atoms. The van der Waals surface area contributed by atoms with Gasteiger partial charge < -0.3 is 9.47 Å².